The predicted molar refractivity (Wildman–Crippen MR) is 195 cm³/mol. The largest absolute Gasteiger partial charge is 0.310 e. The van der Waals surface area contributed by atoms with Gasteiger partial charge in [-0.1, -0.05) is 103 Å². The van der Waals surface area contributed by atoms with E-state index in [2.05, 4.69) is 154 Å². The van der Waals surface area contributed by atoms with Crippen molar-refractivity contribution in [1.82, 2.24) is 9.97 Å². The SMILES string of the molecule is c1cncc(-c2ccc(N(c3ccc(-c4cccnc4)cc3)c3cccc(-c4ccc5c6c(cccc46)-c4ccccc4-5)c3)cc2)c1. The van der Waals surface area contributed by atoms with Crippen molar-refractivity contribution in [3.05, 3.63) is 176 Å². The van der Waals surface area contributed by atoms with E-state index in [1.807, 2.05) is 36.9 Å². The number of fused-ring (bicyclic) bond motifs is 3. The van der Waals surface area contributed by atoms with Gasteiger partial charge in [0.25, 0.3) is 0 Å². The molecule has 9 rings (SSSR count). The van der Waals surface area contributed by atoms with E-state index in [0.717, 1.165) is 39.3 Å². The lowest BCUT2D eigenvalue weighted by Crippen LogP contribution is -2.10. The number of hydrogen-bond donors (Lipinski definition) is 0. The van der Waals surface area contributed by atoms with Gasteiger partial charge < -0.3 is 4.90 Å². The van der Waals surface area contributed by atoms with Crippen LogP contribution in [0.2, 0.25) is 0 Å². The third-order valence-corrected chi connectivity index (χ3v) is 9.20. The van der Waals surface area contributed by atoms with Crippen LogP contribution < -0.4 is 4.90 Å². The molecule has 0 N–H and O–H groups in total. The molecule has 1 aliphatic rings. The van der Waals surface area contributed by atoms with E-state index in [-0.39, 0.29) is 0 Å². The second kappa shape index (κ2) is 11.2. The summed E-state index contributed by atoms with van der Waals surface area (Å²) in [7, 11) is 0. The van der Waals surface area contributed by atoms with Gasteiger partial charge in [-0.2, -0.15) is 0 Å². The van der Waals surface area contributed by atoms with Gasteiger partial charge in [-0.05, 0) is 115 Å². The molecule has 0 fully saturated rings. The topological polar surface area (TPSA) is 29.0 Å². The van der Waals surface area contributed by atoms with Crippen LogP contribution in [0, 0.1) is 0 Å². The fraction of sp³-hybridized carbons (Fsp3) is 0. The molecule has 0 bridgehead atoms. The van der Waals surface area contributed by atoms with Crippen molar-refractivity contribution in [1.29, 1.82) is 0 Å². The third kappa shape index (κ3) is 4.68. The van der Waals surface area contributed by atoms with Crippen LogP contribution in [0.5, 0.6) is 0 Å². The van der Waals surface area contributed by atoms with Gasteiger partial charge in [-0.15, -0.1) is 0 Å². The molecule has 3 nitrogen and oxygen atoms in total. The fourth-order valence-electron chi connectivity index (χ4n) is 6.99. The van der Waals surface area contributed by atoms with Crippen LogP contribution in [0.25, 0.3) is 66.4 Å². The normalized spacial score (nSPS) is 11.4. The van der Waals surface area contributed by atoms with Crippen molar-refractivity contribution < 1.29 is 0 Å². The minimum atomic E-state index is 1.08. The molecule has 6 aromatic carbocycles. The summed E-state index contributed by atoms with van der Waals surface area (Å²) in [5.41, 5.74) is 15.4. The molecule has 0 unspecified atom stereocenters. The molecule has 8 aromatic rings. The average molecular weight is 600 g/mol. The van der Waals surface area contributed by atoms with Gasteiger partial charge in [0.05, 0.1) is 0 Å². The number of nitrogens with zero attached hydrogens (tertiary/aromatic N) is 3. The summed E-state index contributed by atoms with van der Waals surface area (Å²) in [6, 6.07) is 54.6. The van der Waals surface area contributed by atoms with Crippen molar-refractivity contribution in [2.75, 3.05) is 4.90 Å². The summed E-state index contributed by atoms with van der Waals surface area (Å²) >= 11 is 0. The minimum absolute atomic E-state index is 1.08. The van der Waals surface area contributed by atoms with Crippen LogP contribution in [0.4, 0.5) is 17.1 Å². The summed E-state index contributed by atoms with van der Waals surface area (Å²) in [5.74, 6) is 0. The van der Waals surface area contributed by atoms with Crippen molar-refractivity contribution in [3.8, 4) is 55.6 Å². The summed E-state index contributed by atoms with van der Waals surface area (Å²) in [6.07, 6.45) is 7.43. The molecule has 0 saturated heterocycles. The number of aromatic nitrogens is 2. The van der Waals surface area contributed by atoms with E-state index in [9.17, 15) is 0 Å². The number of pyridine rings is 2. The molecule has 3 heteroatoms. The minimum Gasteiger partial charge on any atom is -0.310 e. The Morgan fingerprint density at radius 1 is 0.340 bits per heavy atom. The maximum atomic E-state index is 4.32. The summed E-state index contributed by atoms with van der Waals surface area (Å²) in [4.78, 5) is 11.0. The van der Waals surface area contributed by atoms with E-state index < -0.39 is 0 Å². The van der Waals surface area contributed by atoms with Gasteiger partial charge in [-0.3, -0.25) is 9.97 Å². The second-order valence-corrected chi connectivity index (χ2v) is 11.9. The highest BCUT2D eigenvalue weighted by Crippen LogP contribution is 2.49. The Balaban J connectivity index is 1.16. The lowest BCUT2D eigenvalue weighted by atomic mass is 9.94. The molecule has 0 radical (unpaired) electrons. The molecule has 0 aliphatic heterocycles. The molecular weight excluding hydrogens is 571 g/mol. The van der Waals surface area contributed by atoms with E-state index in [1.54, 1.807) is 0 Å². The first-order chi connectivity index (χ1) is 23.3. The van der Waals surface area contributed by atoms with Crippen molar-refractivity contribution in [3.63, 3.8) is 0 Å². The van der Waals surface area contributed by atoms with Crippen molar-refractivity contribution >= 4 is 27.8 Å². The zero-order chi connectivity index (χ0) is 31.2. The van der Waals surface area contributed by atoms with Gasteiger partial charge in [0, 0.05) is 41.8 Å². The van der Waals surface area contributed by atoms with E-state index in [1.165, 1.54) is 44.2 Å². The Bertz CT molecular complexity index is 2270. The zero-order valence-corrected chi connectivity index (χ0v) is 25.6. The van der Waals surface area contributed by atoms with Crippen LogP contribution in [0.3, 0.4) is 0 Å². The Morgan fingerprint density at radius 2 is 0.872 bits per heavy atom. The van der Waals surface area contributed by atoms with E-state index >= 15 is 0 Å². The molecule has 2 aromatic heterocycles. The number of benzene rings is 6. The fourth-order valence-corrected chi connectivity index (χ4v) is 6.99. The molecule has 0 amide bonds. The molecule has 0 spiro atoms. The molecule has 0 saturated carbocycles. The second-order valence-electron chi connectivity index (χ2n) is 11.9. The van der Waals surface area contributed by atoms with Gasteiger partial charge in [-0.25, -0.2) is 0 Å². The quantitative estimate of drug-likeness (QED) is 0.190. The highest BCUT2D eigenvalue weighted by molar-refractivity contribution is 6.18. The Hall–Kier alpha value is -6.32. The van der Waals surface area contributed by atoms with Crippen LogP contribution in [0.1, 0.15) is 0 Å². The number of hydrogen-bond acceptors (Lipinski definition) is 3. The Kier molecular flexibility index (Phi) is 6.46. The monoisotopic (exact) mass is 599 g/mol. The average Bonchev–Trinajstić information content (AvgIpc) is 3.48. The molecule has 220 valence electrons. The molecule has 47 heavy (non-hydrogen) atoms. The third-order valence-electron chi connectivity index (χ3n) is 9.20. The first-order valence-electron chi connectivity index (χ1n) is 15.9. The summed E-state index contributed by atoms with van der Waals surface area (Å²) in [5, 5.41) is 2.62. The van der Waals surface area contributed by atoms with Crippen molar-refractivity contribution in [2.45, 2.75) is 0 Å². The van der Waals surface area contributed by atoms with Gasteiger partial charge in [0.1, 0.15) is 0 Å². The maximum absolute atomic E-state index is 4.32. The molecular formula is C44H29N3. The molecule has 0 atom stereocenters. The predicted octanol–water partition coefficient (Wildman–Crippen LogP) is 11.7. The van der Waals surface area contributed by atoms with Crippen LogP contribution >= 0.6 is 0 Å². The Morgan fingerprint density at radius 3 is 1.47 bits per heavy atom. The van der Waals surface area contributed by atoms with Crippen LogP contribution in [0.15, 0.2) is 176 Å². The lowest BCUT2D eigenvalue weighted by molar-refractivity contribution is 1.28. The first kappa shape index (κ1) is 27.0. The van der Waals surface area contributed by atoms with Crippen LogP contribution in [-0.2, 0) is 0 Å². The Labute approximate surface area is 274 Å². The smallest absolute Gasteiger partial charge is 0.0467 e. The standard InChI is InChI=1S/C44H29N3/c1-2-12-40-39(11-1)42-14-4-13-41-38(23-24-43(40)44(41)42)32-7-3-10-37(27-32)47(35-19-15-30(16-20-35)33-8-5-25-45-28-33)36-21-17-31(18-22-36)34-9-6-26-46-29-34/h1-29H. The highest BCUT2D eigenvalue weighted by Gasteiger charge is 2.22. The van der Waals surface area contributed by atoms with Gasteiger partial charge in [0.2, 0.25) is 0 Å². The molecule has 1 aliphatic carbocycles. The first-order valence-corrected chi connectivity index (χ1v) is 15.9. The van der Waals surface area contributed by atoms with Crippen LogP contribution in [-0.4, -0.2) is 9.97 Å². The highest BCUT2D eigenvalue weighted by atomic mass is 15.1. The van der Waals surface area contributed by atoms with Gasteiger partial charge in [0.15, 0.2) is 0 Å². The van der Waals surface area contributed by atoms with E-state index in [0.29, 0.717) is 0 Å². The van der Waals surface area contributed by atoms with E-state index in [4.69, 9.17) is 0 Å². The number of rotatable bonds is 6. The maximum Gasteiger partial charge on any atom is 0.0467 e. The summed E-state index contributed by atoms with van der Waals surface area (Å²) in [6.45, 7) is 0. The van der Waals surface area contributed by atoms with Crippen molar-refractivity contribution in [2.24, 2.45) is 0 Å². The zero-order valence-electron chi connectivity index (χ0n) is 25.6. The number of anilines is 3. The lowest BCUT2D eigenvalue weighted by Gasteiger charge is -2.26. The van der Waals surface area contributed by atoms with Gasteiger partial charge >= 0.3 is 0 Å². The summed E-state index contributed by atoms with van der Waals surface area (Å²) < 4.78 is 0. The molecule has 2 heterocycles.